The molecule has 2 aliphatic rings. The molecule has 2 atom stereocenters. The van der Waals surface area contributed by atoms with E-state index in [-0.39, 0.29) is 29.7 Å². The predicted octanol–water partition coefficient (Wildman–Crippen LogP) is 4.30. The summed E-state index contributed by atoms with van der Waals surface area (Å²) in [6.45, 7) is 4.62. The van der Waals surface area contributed by atoms with Crippen molar-refractivity contribution < 1.29 is 14.4 Å². The van der Waals surface area contributed by atoms with Gasteiger partial charge in [-0.1, -0.05) is 54.5 Å². The Morgan fingerprint density at radius 2 is 1.91 bits per heavy atom. The smallest absolute Gasteiger partial charge is 0.321 e. The van der Waals surface area contributed by atoms with Gasteiger partial charge in [0.1, 0.15) is 0 Å². The Morgan fingerprint density at radius 3 is 2.62 bits per heavy atom. The van der Waals surface area contributed by atoms with Crippen molar-refractivity contribution in [2.24, 2.45) is 5.92 Å². The number of carbonyl (C=O) groups is 3. The highest BCUT2D eigenvalue weighted by molar-refractivity contribution is 6.00. The maximum Gasteiger partial charge on any atom is 0.321 e. The van der Waals surface area contributed by atoms with E-state index in [1.165, 1.54) is 11.1 Å². The topological polar surface area (TPSA) is 78.5 Å². The average molecular weight is 432 g/mol. The van der Waals surface area contributed by atoms with Gasteiger partial charge in [-0.2, -0.15) is 0 Å². The van der Waals surface area contributed by atoms with Crippen molar-refractivity contribution in [1.29, 1.82) is 0 Å². The Hall–Kier alpha value is -3.41. The highest BCUT2D eigenvalue weighted by atomic mass is 16.2. The fourth-order valence-electron chi connectivity index (χ4n) is 4.67. The second-order valence-electron chi connectivity index (χ2n) is 8.77. The van der Waals surface area contributed by atoms with Crippen LogP contribution in [0.2, 0.25) is 0 Å². The van der Waals surface area contributed by atoms with Gasteiger partial charge in [0.15, 0.2) is 0 Å². The Bertz CT molecular complexity index is 1090. The molecule has 0 radical (unpaired) electrons. The zero-order chi connectivity index (χ0) is 22.8. The molecular formula is C26H29N3O3. The lowest BCUT2D eigenvalue weighted by Crippen LogP contribution is -2.42. The molecule has 0 saturated carbocycles. The number of hydrogen-bond acceptors (Lipinski definition) is 3. The lowest BCUT2D eigenvalue weighted by Gasteiger charge is -2.32. The van der Waals surface area contributed by atoms with Crippen molar-refractivity contribution in [2.75, 3.05) is 12.4 Å². The lowest BCUT2D eigenvalue weighted by atomic mass is 9.74. The molecule has 1 fully saturated rings. The number of allylic oxidation sites excluding steroid dienone is 1. The largest absolute Gasteiger partial charge is 0.323 e. The Kier molecular flexibility index (Phi) is 6.12. The number of imide groups is 1. The summed E-state index contributed by atoms with van der Waals surface area (Å²) in [7, 11) is 1.79. The minimum atomic E-state index is -0.248. The Morgan fingerprint density at radius 1 is 1.16 bits per heavy atom. The first kappa shape index (κ1) is 21.8. The number of hydrogen-bond donors (Lipinski definition) is 2. The third-order valence-corrected chi connectivity index (χ3v) is 6.52. The van der Waals surface area contributed by atoms with Gasteiger partial charge in [-0.3, -0.25) is 14.9 Å². The number of urea groups is 1. The number of piperidine rings is 1. The van der Waals surface area contributed by atoms with Crippen LogP contribution in [-0.2, 0) is 22.6 Å². The van der Waals surface area contributed by atoms with Crippen LogP contribution >= 0.6 is 0 Å². The van der Waals surface area contributed by atoms with Gasteiger partial charge in [-0.05, 0) is 48.6 Å². The predicted molar refractivity (Wildman–Crippen MR) is 124 cm³/mol. The Labute approximate surface area is 188 Å². The normalized spacial score (nSPS) is 20.2. The maximum absolute atomic E-state index is 12.7. The first-order chi connectivity index (χ1) is 15.3. The summed E-state index contributed by atoms with van der Waals surface area (Å²) in [4.78, 5) is 38.3. The Balaban J connectivity index is 1.48. The van der Waals surface area contributed by atoms with Crippen molar-refractivity contribution in [1.82, 2.24) is 10.2 Å². The first-order valence-corrected chi connectivity index (χ1v) is 11.1. The van der Waals surface area contributed by atoms with Gasteiger partial charge >= 0.3 is 6.03 Å². The summed E-state index contributed by atoms with van der Waals surface area (Å²) in [5.41, 5.74) is 6.52. The van der Waals surface area contributed by atoms with Crippen molar-refractivity contribution in [3.05, 3.63) is 76.4 Å². The number of nitrogens with zero attached hydrogens (tertiary/aromatic N) is 1. The number of carbonyl (C=O) groups excluding carboxylic acids is 3. The van der Waals surface area contributed by atoms with Gasteiger partial charge in [0, 0.05) is 31.6 Å². The molecule has 6 nitrogen and oxygen atoms in total. The average Bonchev–Trinajstić information content (AvgIpc) is 2.76. The number of anilines is 1. The highest BCUT2D eigenvalue weighted by Gasteiger charge is 2.34. The summed E-state index contributed by atoms with van der Waals surface area (Å²) in [5, 5.41) is 5.41. The second-order valence-corrected chi connectivity index (χ2v) is 8.77. The van der Waals surface area contributed by atoms with E-state index in [9.17, 15) is 14.4 Å². The van der Waals surface area contributed by atoms with E-state index in [4.69, 9.17) is 0 Å². The van der Waals surface area contributed by atoms with Crippen LogP contribution in [0.15, 0.2) is 54.1 Å². The molecule has 4 amide bonds. The van der Waals surface area contributed by atoms with Gasteiger partial charge < -0.3 is 10.2 Å². The van der Waals surface area contributed by atoms with Crippen molar-refractivity contribution in [3.8, 4) is 0 Å². The number of nitrogens with one attached hydrogen (secondary N) is 2. The first-order valence-electron chi connectivity index (χ1n) is 11.1. The number of aryl methyl sites for hydroxylation is 1. The summed E-state index contributed by atoms with van der Waals surface area (Å²) in [6.07, 6.45) is 3.81. The van der Waals surface area contributed by atoms with E-state index < -0.39 is 0 Å². The minimum Gasteiger partial charge on any atom is -0.323 e. The van der Waals surface area contributed by atoms with Crippen LogP contribution < -0.4 is 10.6 Å². The molecule has 2 N–H and O–H groups in total. The van der Waals surface area contributed by atoms with E-state index >= 15 is 0 Å². The second kappa shape index (κ2) is 8.99. The summed E-state index contributed by atoms with van der Waals surface area (Å²) in [6, 6.07) is 13.8. The molecular weight excluding hydrogens is 402 g/mol. The van der Waals surface area contributed by atoms with E-state index in [0.29, 0.717) is 19.4 Å². The molecule has 6 heteroatoms. The molecule has 2 unspecified atom stereocenters. The summed E-state index contributed by atoms with van der Waals surface area (Å²) < 4.78 is 0. The van der Waals surface area contributed by atoms with Crippen LogP contribution in [0.4, 0.5) is 10.5 Å². The summed E-state index contributed by atoms with van der Waals surface area (Å²) in [5.74, 6) is -0.534. The van der Waals surface area contributed by atoms with Crippen molar-refractivity contribution in [2.45, 2.75) is 45.6 Å². The molecule has 2 aromatic rings. The monoisotopic (exact) mass is 431 g/mol. The van der Waals surface area contributed by atoms with E-state index in [1.807, 2.05) is 37.3 Å². The van der Waals surface area contributed by atoms with Crippen LogP contribution in [0.1, 0.15) is 47.9 Å². The number of rotatable bonds is 4. The minimum absolute atomic E-state index is 0.0920. The van der Waals surface area contributed by atoms with Gasteiger partial charge in [0.25, 0.3) is 0 Å². The van der Waals surface area contributed by atoms with E-state index in [1.54, 1.807) is 11.9 Å². The van der Waals surface area contributed by atoms with Crippen LogP contribution in [0.5, 0.6) is 0 Å². The quantitative estimate of drug-likeness (QED) is 0.560. The van der Waals surface area contributed by atoms with Crippen LogP contribution in [0, 0.1) is 12.8 Å². The third kappa shape index (κ3) is 4.44. The molecule has 4 rings (SSSR count). The summed E-state index contributed by atoms with van der Waals surface area (Å²) >= 11 is 0. The molecule has 1 heterocycles. The van der Waals surface area contributed by atoms with Crippen molar-refractivity contribution in [3.63, 3.8) is 0 Å². The van der Waals surface area contributed by atoms with Crippen LogP contribution in [-0.4, -0.2) is 29.8 Å². The molecule has 0 spiro atoms. The fourth-order valence-corrected chi connectivity index (χ4v) is 4.67. The maximum atomic E-state index is 12.7. The molecule has 32 heavy (non-hydrogen) atoms. The van der Waals surface area contributed by atoms with Crippen molar-refractivity contribution >= 4 is 23.5 Å². The SMILES string of the molecule is Cc1ccc(NC(=O)N(C)Cc2cccc3c2CC=C(C2CCC(=O)NC2=O)C3C)cc1. The third-order valence-electron chi connectivity index (χ3n) is 6.52. The zero-order valence-corrected chi connectivity index (χ0v) is 18.8. The van der Waals surface area contributed by atoms with Gasteiger partial charge in [0.05, 0.1) is 5.92 Å². The molecule has 0 aromatic heterocycles. The molecule has 2 aromatic carbocycles. The molecule has 1 aliphatic heterocycles. The van der Waals surface area contributed by atoms with Crippen LogP contribution in [0.25, 0.3) is 0 Å². The van der Waals surface area contributed by atoms with Gasteiger partial charge in [-0.15, -0.1) is 0 Å². The van der Waals surface area contributed by atoms with Crippen LogP contribution in [0.3, 0.4) is 0 Å². The standard InChI is InChI=1S/C26H29N3O3/c1-16-7-9-19(10-8-16)27-26(32)29(3)15-18-5-4-6-20-17(2)21(11-12-22(18)20)23-13-14-24(30)28-25(23)31/h4-11,17,23H,12-15H2,1-3H3,(H,27,32)(H,28,30,31). The van der Waals surface area contributed by atoms with Gasteiger partial charge in [0.2, 0.25) is 11.8 Å². The molecule has 1 aliphatic carbocycles. The lowest BCUT2D eigenvalue weighted by molar-refractivity contribution is -0.135. The molecule has 166 valence electrons. The fraction of sp³-hybridized carbons (Fsp3) is 0.346. The zero-order valence-electron chi connectivity index (χ0n) is 18.8. The highest BCUT2D eigenvalue weighted by Crippen LogP contribution is 2.39. The number of benzene rings is 2. The molecule has 1 saturated heterocycles. The van der Waals surface area contributed by atoms with E-state index in [0.717, 1.165) is 28.8 Å². The number of fused-ring (bicyclic) bond motifs is 1. The number of amides is 4. The van der Waals surface area contributed by atoms with Gasteiger partial charge in [-0.25, -0.2) is 4.79 Å². The van der Waals surface area contributed by atoms with E-state index in [2.05, 4.69) is 35.8 Å². The molecule has 0 bridgehead atoms.